The maximum absolute atomic E-state index is 12.6. The molecule has 0 radical (unpaired) electrons. The number of likely N-dealkylation sites (tertiary alicyclic amines) is 1. The molecule has 0 saturated carbocycles. The summed E-state index contributed by atoms with van der Waals surface area (Å²) in [6, 6.07) is 18.6. The summed E-state index contributed by atoms with van der Waals surface area (Å²) in [4.78, 5) is 14.6. The van der Waals surface area contributed by atoms with Crippen molar-refractivity contribution in [3.63, 3.8) is 0 Å². The molecule has 0 spiro atoms. The first-order valence-corrected chi connectivity index (χ1v) is 11.1. The van der Waals surface area contributed by atoms with Crippen LogP contribution in [-0.4, -0.2) is 44.4 Å². The third-order valence-electron chi connectivity index (χ3n) is 5.23. The number of rotatable bonds is 6. The van der Waals surface area contributed by atoms with Crippen molar-refractivity contribution in [2.75, 3.05) is 18.8 Å². The van der Waals surface area contributed by atoms with Gasteiger partial charge in [-0.05, 0) is 43.9 Å². The van der Waals surface area contributed by atoms with Crippen molar-refractivity contribution in [1.82, 2.24) is 19.7 Å². The Morgan fingerprint density at radius 1 is 0.966 bits per heavy atom. The van der Waals surface area contributed by atoms with Gasteiger partial charge in [0.15, 0.2) is 5.16 Å². The third kappa shape index (κ3) is 4.88. The lowest BCUT2D eigenvalue weighted by molar-refractivity contribution is -0.129. The van der Waals surface area contributed by atoms with Crippen molar-refractivity contribution < 1.29 is 4.79 Å². The smallest absolute Gasteiger partial charge is 0.233 e. The predicted octanol–water partition coefficient (Wildman–Crippen LogP) is 4.27. The van der Waals surface area contributed by atoms with Crippen molar-refractivity contribution in [3.05, 3.63) is 71.5 Å². The van der Waals surface area contributed by atoms with E-state index in [9.17, 15) is 4.79 Å². The lowest BCUT2D eigenvalue weighted by atomic mass is 10.1. The van der Waals surface area contributed by atoms with Crippen LogP contribution in [0.15, 0.2) is 59.8 Å². The summed E-state index contributed by atoms with van der Waals surface area (Å²) in [6.45, 7) is 3.83. The molecule has 3 aromatic rings. The highest BCUT2D eigenvalue weighted by Crippen LogP contribution is 2.24. The van der Waals surface area contributed by atoms with E-state index < -0.39 is 0 Å². The molecule has 1 aliphatic rings. The number of nitrogens with zero attached hydrogens (tertiary/aromatic N) is 4. The zero-order chi connectivity index (χ0) is 20.1. The Morgan fingerprint density at radius 3 is 2.41 bits per heavy atom. The van der Waals surface area contributed by atoms with Crippen molar-refractivity contribution in [1.29, 1.82) is 0 Å². The Kier molecular flexibility index (Phi) is 6.30. The van der Waals surface area contributed by atoms with Gasteiger partial charge in [-0.15, -0.1) is 10.2 Å². The van der Waals surface area contributed by atoms with Crippen LogP contribution in [0.4, 0.5) is 0 Å². The summed E-state index contributed by atoms with van der Waals surface area (Å²) in [5.74, 6) is 1.47. The van der Waals surface area contributed by atoms with Gasteiger partial charge in [0.1, 0.15) is 5.82 Å². The number of amides is 1. The second kappa shape index (κ2) is 9.27. The van der Waals surface area contributed by atoms with Crippen LogP contribution in [0.2, 0.25) is 0 Å². The molecule has 2 aromatic carbocycles. The molecule has 2 heterocycles. The molecule has 5 nitrogen and oxygen atoms in total. The molecule has 1 amide bonds. The molecule has 1 fully saturated rings. The van der Waals surface area contributed by atoms with E-state index in [0.29, 0.717) is 12.2 Å². The topological polar surface area (TPSA) is 51.0 Å². The van der Waals surface area contributed by atoms with Crippen LogP contribution >= 0.6 is 11.8 Å². The summed E-state index contributed by atoms with van der Waals surface area (Å²) in [6.07, 6.45) is 4.14. The molecule has 0 bridgehead atoms. The number of benzene rings is 2. The number of aromatic nitrogens is 3. The van der Waals surface area contributed by atoms with Crippen molar-refractivity contribution in [3.8, 4) is 5.69 Å². The Bertz CT molecular complexity index is 947. The highest BCUT2D eigenvalue weighted by molar-refractivity contribution is 7.99. The van der Waals surface area contributed by atoms with Crippen LogP contribution in [0.3, 0.4) is 0 Å². The maximum Gasteiger partial charge on any atom is 0.233 e. The van der Waals surface area contributed by atoms with E-state index >= 15 is 0 Å². The number of carbonyl (C=O) groups is 1. The highest BCUT2D eigenvalue weighted by Gasteiger charge is 2.20. The molecule has 6 heteroatoms. The van der Waals surface area contributed by atoms with E-state index in [4.69, 9.17) is 0 Å². The van der Waals surface area contributed by atoms with E-state index in [0.717, 1.165) is 42.6 Å². The van der Waals surface area contributed by atoms with Crippen LogP contribution in [-0.2, 0) is 11.2 Å². The van der Waals surface area contributed by atoms with Gasteiger partial charge in [-0.1, -0.05) is 59.8 Å². The molecule has 0 atom stereocenters. The normalized spacial score (nSPS) is 14.2. The van der Waals surface area contributed by atoms with Crippen molar-refractivity contribution >= 4 is 17.7 Å². The summed E-state index contributed by atoms with van der Waals surface area (Å²) in [5, 5.41) is 9.67. The molecular formula is C23H26N4OS. The Balaban J connectivity index is 1.57. The molecule has 1 aromatic heterocycles. The first-order chi connectivity index (χ1) is 14.2. The van der Waals surface area contributed by atoms with Crippen LogP contribution < -0.4 is 0 Å². The summed E-state index contributed by atoms with van der Waals surface area (Å²) in [7, 11) is 0. The SMILES string of the molecule is Cc1ccc(-n2c(Cc3ccccc3)nnc2SCC(=O)N2CCCCC2)cc1. The predicted molar refractivity (Wildman–Crippen MR) is 116 cm³/mol. The lowest BCUT2D eigenvalue weighted by Gasteiger charge is -2.26. The van der Waals surface area contributed by atoms with Gasteiger partial charge in [0.2, 0.25) is 5.91 Å². The van der Waals surface area contributed by atoms with Crippen LogP contribution in [0.25, 0.3) is 5.69 Å². The molecule has 0 N–H and O–H groups in total. The van der Waals surface area contributed by atoms with E-state index in [1.54, 1.807) is 0 Å². The molecule has 1 aliphatic heterocycles. The van der Waals surface area contributed by atoms with Gasteiger partial charge in [-0.25, -0.2) is 0 Å². The first-order valence-electron chi connectivity index (χ1n) is 10.2. The van der Waals surface area contributed by atoms with Gasteiger partial charge in [0.25, 0.3) is 0 Å². The van der Waals surface area contributed by atoms with Gasteiger partial charge in [0, 0.05) is 25.2 Å². The molecule has 0 aliphatic carbocycles. The fraction of sp³-hybridized carbons (Fsp3) is 0.348. The second-order valence-corrected chi connectivity index (χ2v) is 8.40. The zero-order valence-electron chi connectivity index (χ0n) is 16.8. The fourth-order valence-electron chi connectivity index (χ4n) is 3.60. The molecule has 1 saturated heterocycles. The van der Waals surface area contributed by atoms with Gasteiger partial charge in [-0.3, -0.25) is 9.36 Å². The highest BCUT2D eigenvalue weighted by atomic mass is 32.2. The fourth-order valence-corrected chi connectivity index (χ4v) is 4.47. The molecule has 0 unspecified atom stereocenters. The minimum Gasteiger partial charge on any atom is -0.342 e. The standard InChI is InChI=1S/C23H26N4OS/c1-18-10-12-20(13-11-18)27-21(16-19-8-4-2-5-9-19)24-25-23(27)29-17-22(28)26-14-6-3-7-15-26/h2,4-5,8-13H,3,6-7,14-17H2,1H3. The van der Waals surface area contributed by atoms with Gasteiger partial charge in [0.05, 0.1) is 5.75 Å². The van der Waals surface area contributed by atoms with Gasteiger partial charge in [-0.2, -0.15) is 0 Å². The Labute approximate surface area is 176 Å². The number of hydrogen-bond acceptors (Lipinski definition) is 4. The zero-order valence-corrected chi connectivity index (χ0v) is 17.6. The van der Waals surface area contributed by atoms with E-state index in [1.165, 1.54) is 29.3 Å². The van der Waals surface area contributed by atoms with E-state index in [2.05, 4.69) is 58.1 Å². The summed E-state index contributed by atoms with van der Waals surface area (Å²) < 4.78 is 2.08. The van der Waals surface area contributed by atoms with E-state index in [-0.39, 0.29) is 5.91 Å². The number of carbonyl (C=O) groups excluding carboxylic acids is 1. The number of aryl methyl sites for hydroxylation is 1. The number of piperidine rings is 1. The number of thioether (sulfide) groups is 1. The third-order valence-corrected chi connectivity index (χ3v) is 6.14. The average molecular weight is 407 g/mol. The molecule has 29 heavy (non-hydrogen) atoms. The second-order valence-electron chi connectivity index (χ2n) is 7.46. The summed E-state index contributed by atoms with van der Waals surface area (Å²) >= 11 is 1.48. The van der Waals surface area contributed by atoms with Crippen molar-refractivity contribution in [2.45, 2.75) is 37.8 Å². The Morgan fingerprint density at radius 2 is 1.69 bits per heavy atom. The quantitative estimate of drug-likeness (QED) is 0.574. The van der Waals surface area contributed by atoms with Gasteiger partial charge < -0.3 is 4.90 Å². The van der Waals surface area contributed by atoms with Crippen molar-refractivity contribution in [2.24, 2.45) is 0 Å². The summed E-state index contributed by atoms with van der Waals surface area (Å²) in [5.41, 5.74) is 3.43. The molecule has 4 rings (SSSR count). The number of hydrogen-bond donors (Lipinski definition) is 0. The average Bonchev–Trinajstić information content (AvgIpc) is 3.16. The van der Waals surface area contributed by atoms with Crippen LogP contribution in [0, 0.1) is 6.92 Å². The minimum absolute atomic E-state index is 0.192. The minimum atomic E-state index is 0.192. The van der Waals surface area contributed by atoms with E-state index in [1.807, 2.05) is 23.1 Å². The first kappa shape index (κ1) is 19.7. The van der Waals surface area contributed by atoms with Gasteiger partial charge >= 0.3 is 0 Å². The Hall–Kier alpha value is -2.60. The van der Waals surface area contributed by atoms with Crippen LogP contribution in [0.1, 0.15) is 36.2 Å². The maximum atomic E-state index is 12.6. The largest absolute Gasteiger partial charge is 0.342 e. The monoisotopic (exact) mass is 406 g/mol. The lowest BCUT2D eigenvalue weighted by Crippen LogP contribution is -2.36. The molecular weight excluding hydrogens is 380 g/mol. The molecule has 150 valence electrons. The van der Waals surface area contributed by atoms with Crippen LogP contribution in [0.5, 0.6) is 0 Å².